The van der Waals surface area contributed by atoms with Crippen LogP contribution in [0.3, 0.4) is 0 Å². The first-order chi connectivity index (χ1) is 7.06. The van der Waals surface area contributed by atoms with E-state index in [-0.39, 0.29) is 5.41 Å². The summed E-state index contributed by atoms with van der Waals surface area (Å²) < 4.78 is 1.74. The van der Waals surface area contributed by atoms with E-state index < -0.39 is 0 Å². The van der Waals surface area contributed by atoms with Crippen LogP contribution in [0.4, 0.5) is 0 Å². The molecule has 0 aliphatic heterocycles. The largest absolute Gasteiger partial charge is 0.189 e. The maximum absolute atomic E-state index is 4.24. The Morgan fingerprint density at radius 3 is 2.67 bits per heavy atom. The predicted molar refractivity (Wildman–Crippen MR) is 62.4 cm³/mol. The lowest BCUT2D eigenvalue weighted by molar-refractivity contribution is 0.569. The number of fused-ring (bicyclic) bond motifs is 1. The lowest BCUT2D eigenvalue weighted by Gasteiger charge is -2.06. The smallest absolute Gasteiger partial charge is 0.0834 e. The first kappa shape index (κ1) is 9.79. The van der Waals surface area contributed by atoms with Crippen molar-refractivity contribution in [2.75, 3.05) is 0 Å². The molecular formula is C13H14N2. The maximum atomic E-state index is 4.24. The summed E-state index contributed by atoms with van der Waals surface area (Å²) in [4.78, 5) is 0. The summed E-state index contributed by atoms with van der Waals surface area (Å²) in [5.74, 6) is 3.17. The quantitative estimate of drug-likeness (QED) is 0.595. The monoisotopic (exact) mass is 198 g/mol. The molecule has 0 radical (unpaired) electrons. The van der Waals surface area contributed by atoms with Crippen LogP contribution in [-0.2, 0) is 0 Å². The summed E-state index contributed by atoms with van der Waals surface area (Å²) in [5, 5.41) is 5.37. The molecule has 0 aliphatic carbocycles. The van der Waals surface area contributed by atoms with Gasteiger partial charge >= 0.3 is 0 Å². The van der Waals surface area contributed by atoms with E-state index >= 15 is 0 Å². The van der Waals surface area contributed by atoms with E-state index in [4.69, 9.17) is 0 Å². The van der Waals surface area contributed by atoms with Gasteiger partial charge in [0.05, 0.1) is 11.7 Å². The summed E-state index contributed by atoms with van der Waals surface area (Å²) in [6, 6.07) is 11.1. The van der Waals surface area contributed by atoms with Crippen molar-refractivity contribution >= 4 is 10.9 Å². The van der Waals surface area contributed by atoms with E-state index in [1.807, 2.05) is 30.5 Å². The minimum atomic E-state index is 0.00700. The molecule has 0 aliphatic rings. The zero-order chi connectivity index (χ0) is 10.9. The summed E-state index contributed by atoms with van der Waals surface area (Å²) in [5.41, 5.74) is 1.07. The molecule has 0 saturated carbocycles. The van der Waals surface area contributed by atoms with Crippen LogP contribution in [0.15, 0.2) is 30.5 Å². The molecule has 2 nitrogen and oxygen atoms in total. The number of nitrogens with zero attached hydrogens (tertiary/aromatic N) is 2. The average Bonchev–Trinajstić information content (AvgIpc) is 2.57. The molecule has 1 aromatic carbocycles. The Balaban J connectivity index is 2.48. The molecule has 2 heteroatoms. The van der Waals surface area contributed by atoms with Gasteiger partial charge in [-0.2, -0.15) is 9.78 Å². The van der Waals surface area contributed by atoms with E-state index in [1.54, 1.807) is 4.68 Å². The summed E-state index contributed by atoms with van der Waals surface area (Å²) >= 11 is 0. The summed E-state index contributed by atoms with van der Waals surface area (Å²) in [7, 11) is 0. The molecule has 0 saturated heterocycles. The first-order valence-corrected chi connectivity index (χ1v) is 5.02. The van der Waals surface area contributed by atoms with Crippen molar-refractivity contribution in [3.05, 3.63) is 30.5 Å². The Kier molecular flexibility index (Phi) is 2.24. The molecule has 0 bridgehead atoms. The van der Waals surface area contributed by atoms with Crippen molar-refractivity contribution in [1.29, 1.82) is 0 Å². The van der Waals surface area contributed by atoms with Gasteiger partial charge in [-0.15, -0.1) is 0 Å². The molecule has 0 amide bonds. The van der Waals surface area contributed by atoms with Gasteiger partial charge in [0, 0.05) is 16.8 Å². The van der Waals surface area contributed by atoms with E-state index in [0.29, 0.717) is 0 Å². The molecule has 0 fully saturated rings. The lowest BCUT2D eigenvalue weighted by atomic mass is 9.99. The maximum Gasteiger partial charge on any atom is 0.0834 e. The highest BCUT2D eigenvalue weighted by molar-refractivity contribution is 5.79. The molecule has 0 atom stereocenters. The summed E-state index contributed by atoms with van der Waals surface area (Å²) in [6.45, 7) is 6.27. The van der Waals surface area contributed by atoms with Crippen molar-refractivity contribution in [2.24, 2.45) is 5.41 Å². The van der Waals surface area contributed by atoms with Crippen LogP contribution in [0.25, 0.3) is 10.9 Å². The Morgan fingerprint density at radius 1 is 1.20 bits per heavy atom. The Bertz CT molecular complexity index is 533. The molecular weight excluding hydrogens is 184 g/mol. The average molecular weight is 198 g/mol. The van der Waals surface area contributed by atoms with Gasteiger partial charge in [0.25, 0.3) is 0 Å². The molecule has 2 aromatic rings. The van der Waals surface area contributed by atoms with Crippen molar-refractivity contribution in [2.45, 2.75) is 20.8 Å². The number of hydrogen-bond donors (Lipinski definition) is 0. The molecule has 76 valence electrons. The second-order valence-electron chi connectivity index (χ2n) is 4.60. The Morgan fingerprint density at radius 2 is 1.93 bits per heavy atom. The number of para-hydroxylation sites is 1. The van der Waals surface area contributed by atoms with Crippen molar-refractivity contribution in [1.82, 2.24) is 9.78 Å². The Labute approximate surface area is 89.9 Å². The standard InChI is InChI=1S/C13H14N2/c1-13(2,3)8-9-15-12-7-5-4-6-11(12)10-14-15/h4-7,10H,1-3H3. The minimum absolute atomic E-state index is 0.00700. The normalized spacial score (nSPS) is 11.1. The number of benzene rings is 1. The minimum Gasteiger partial charge on any atom is -0.189 e. The lowest BCUT2D eigenvalue weighted by Crippen LogP contribution is -2.01. The Hall–Kier alpha value is -1.75. The molecule has 15 heavy (non-hydrogen) atoms. The van der Waals surface area contributed by atoms with Crippen LogP contribution in [0.2, 0.25) is 0 Å². The third-order valence-electron chi connectivity index (χ3n) is 2.01. The number of hydrogen-bond acceptors (Lipinski definition) is 1. The van der Waals surface area contributed by atoms with Gasteiger partial charge in [0.1, 0.15) is 0 Å². The van der Waals surface area contributed by atoms with Gasteiger partial charge in [-0.05, 0) is 26.8 Å². The highest BCUT2D eigenvalue weighted by Gasteiger charge is 2.04. The van der Waals surface area contributed by atoms with Gasteiger partial charge in [-0.3, -0.25) is 0 Å². The van der Waals surface area contributed by atoms with Gasteiger partial charge in [-0.1, -0.05) is 24.1 Å². The second-order valence-corrected chi connectivity index (χ2v) is 4.60. The van der Waals surface area contributed by atoms with Gasteiger partial charge < -0.3 is 0 Å². The zero-order valence-electron chi connectivity index (χ0n) is 9.28. The van der Waals surface area contributed by atoms with Crippen molar-refractivity contribution < 1.29 is 0 Å². The molecule has 0 spiro atoms. The van der Waals surface area contributed by atoms with Crippen LogP contribution in [0.5, 0.6) is 0 Å². The van der Waals surface area contributed by atoms with Crippen LogP contribution in [0, 0.1) is 17.4 Å². The number of rotatable bonds is 0. The van der Waals surface area contributed by atoms with E-state index in [2.05, 4.69) is 37.8 Å². The third-order valence-corrected chi connectivity index (χ3v) is 2.01. The molecule has 1 heterocycles. The highest BCUT2D eigenvalue weighted by Crippen LogP contribution is 2.13. The topological polar surface area (TPSA) is 17.8 Å². The van der Waals surface area contributed by atoms with E-state index in [0.717, 1.165) is 10.9 Å². The van der Waals surface area contributed by atoms with Gasteiger partial charge in [0.15, 0.2) is 0 Å². The van der Waals surface area contributed by atoms with Gasteiger partial charge in [-0.25, -0.2) is 0 Å². The fourth-order valence-electron chi connectivity index (χ4n) is 1.28. The van der Waals surface area contributed by atoms with Crippen LogP contribution < -0.4 is 0 Å². The third kappa shape index (κ3) is 2.19. The van der Waals surface area contributed by atoms with E-state index in [1.165, 1.54) is 0 Å². The molecule has 2 rings (SSSR count). The molecule has 0 N–H and O–H groups in total. The summed E-state index contributed by atoms with van der Waals surface area (Å²) in [6.07, 6.45) is 1.84. The van der Waals surface area contributed by atoms with Crippen molar-refractivity contribution in [3.63, 3.8) is 0 Å². The fraction of sp³-hybridized carbons (Fsp3) is 0.308. The van der Waals surface area contributed by atoms with Crippen molar-refractivity contribution in [3.8, 4) is 12.0 Å². The SMILES string of the molecule is CC(C)(C)C#Cn1ncc2ccccc21. The van der Waals surface area contributed by atoms with E-state index in [9.17, 15) is 0 Å². The number of aromatic nitrogens is 2. The van der Waals surface area contributed by atoms with Gasteiger partial charge in [0.2, 0.25) is 0 Å². The van der Waals surface area contributed by atoms with Crippen LogP contribution in [0.1, 0.15) is 20.8 Å². The zero-order valence-corrected chi connectivity index (χ0v) is 9.28. The van der Waals surface area contributed by atoms with Crippen LogP contribution in [-0.4, -0.2) is 9.78 Å². The second kappa shape index (κ2) is 3.43. The fourth-order valence-corrected chi connectivity index (χ4v) is 1.28. The van der Waals surface area contributed by atoms with Crippen LogP contribution >= 0.6 is 0 Å². The predicted octanol–water partition coefficient (Wildman–Crippen LogP) is 2.89. The first-order valence-electron chi connectivity index (χ1n) is 5.02. The molecule has 0 unspecified atom stereocenters. The highest BCUT2D eigenvalue weighted by atomic mass is 15.3. The molecule has 1 aromatic heterocycles.